The number of fused-ring (bicyclic) bond motifs is 5. The fraction of sp³-hybridized carbons (Fsp3) is 0.875. The minimum absolute atomic E-state index is 0.337. The number of carbonyl (C=O) groups is 1. The highest BCUT2D eigenvalue weighted by Gasteiger charge is 2.58. The Morgan fingerprint density at radius 3 is 2.58 bits per heavy atom. The maximum Gasteiger partial charge on any atom is 0.303 e. The van der Waals surface area contributed by atoms with Crippen molar-refractivity contribution in [3.8, 4) is 0 Å². The molecule has 0 aromatic carbocycles. The molecule has 4 aliphatic rings. The van der Waals surface area contributed by atoms with Gasteiger partial charge in [0, 0.05) is 6.42 Å². The zero-order chi connectivity index (χ0) is 18.5. The van der Waals surface area contributed by atoms with E-state index in [4.69, 9.17) is 5.11 Å². The summed E-state index contributed by atoms with van der Waals surface area (Å²) in [7, 11) is 0. The van der Waals surface area contributed by atoms with E-state index in [9.17, 15) is 4.79 Å². The Kier molecular flexibility index (Phi) is 4.77. The SMILES string of the molecule is C[C@@H](CCC(=O)O)[C@@H]1CC[C@H]2[C@H]3C=C[C@@H]4CCCC[C@]4(C)[C@@H]3CC[C@@]21C. The van der Waals surface area contributed by atoms with Crippen molar-refractivity contribution in [2.24, 2.45) is 46.3 Å². The zero-order valence-corrected chi connectivity index (χ0v) is 17.0. The summed E-state index contributed by atoms with van der Waals surface area (Å²) in [4.78, 5) is 11.0. The second-order valence-electron chi connectivity index (χ2n) is 10.7. The molecule has 4 aliphatic carbocycles. The summed E-state index contributed by atoms with van der Waals surface area (Å²) in [5, 5.41) is 9.09. The lowest BCUT2D eigenvalue weighted by atomic mass is 9.46. The minimum atomic E-state index is -0.633. The van der Waals surface area contributed by atoms with Gasteiger partial charge in [-0.05, 0) is 91.3 Å². The third-order valence-electron chi connectivity index (χ3n) is 9.65. The average molecular weight is 359 g/mol. The second-order valence-corrected chi connectivity index (χ2v) is 10.7. The molecule has 26 heavy (non-hydrogen) atoms. The molecule has 8 atom stereocenters. The van der Waals surface area contributed by atoms with E-state index >= 15 is 0 Å². The van der Waals surface area contributed by atoms with Crippen molar-refractivity contribution in [3.05, 3.63) is 12.2 Å². The smallest absolute Gasteiger partial charge is 0.303 e. The van der Waals surface area contributed by atoms with E-state index in [0.29, 0.717) is 23.2 Å². The van der Waals surface area contributed by atoms with E-state index in [1.54, 1.807) is 0 Å². The average Bonchev–Trinajstić information content (AvgIpc) is 2.96. The van der Waals surface area contributed by atoms with Crippen LogP contribution >= 0.6 is 0 Å². The number of aliphatic carboxylic acids is 1. The van der Waals surface area contributed by atoms with Crippen molar-refractivity contribution in [3.63, 3.8) is 0 Å². The van der Waals surface area contributed by atoms with Crippen LogP contribution in [-0.2, 0) is 4.79 Å². The van der Waals surface area contributed by atoms with Crippen molar-refractivity contribution in [2.75, 3.05) is 0 Å². The maximum absolute atomic E-state index is 11.0. The molecular weight excluding hydrogens is 320 g/mol. The van der Waals surface area contributed by atoms with Crippen molar-refractivity contribution < 1.29 is 9.90 Å². The number of carboxylic acids is 1. The normalized spacial score (nSPS) is 48.3. The summed E-state index contributed by atoms with van der Waals surface area (Å²) >= 11 is 0. The van der Waals surface area contributed by atoms with Crippen LogP contribution in [0.25, 0.3) is 0 Å². The third kappa shape index (κ3) is 2.78. The summed E-state index contributed by atoms with van der Waals surface area (Å²) in [6, 6.07) is 0. The van der Waals surface area contributed by atoms with Gasteiger partial charge in [-0.2, -0.15) is 0 Å². The molecule has 0 bridgehead atoms. The number of carboxylic acid groups (broad SMARTS) is 1. The van der Waals surface area contributed by atoms with Crippen LogP contribution in [0.3, 0.4) is 0 Å². The molecule has 0 spiro atoms. The summed E-state index contributed by atoms with van der Waals surface area (Å²) in [6.45, 7) is 7.50. The molecule has 2 nitrogen and oxygen atoms in total. The monoisotopic (exact) mass is 358 g/mol. The molecule has 0 amide bonds. The van der Waals surface area contributed by atoms with Crippen LogP contribution in [-0.4, -0.2) is 11.1 Å². The summed E-state index contributed by atoms with van der Waals surface area (Å²) in [5.41, 5.74) is 0.979. The number of hydrogen-bond donors (Lipinski definition) is 1. The highest BCUT2D eigenvalue weighted by Crippen LogP contribution is 2.66. The first-order chi connectivity index (χ1) is 12.4. The zero-order valence-electron chi connectivity index (χ0n) is 17.0. The van der Waals surface area contributed by atoms with Crippen LogP contribution in [0.15, 0.2) is 12.2 Å². The standard InChI is InChI=1S/C24H38O2/c1-16(7-12-22(25)26)19-10-11-20-18-9-8-17-6-4-5-14-23(17,2)21(18)13-15-24(19,20)3/h8-9,16-21H,4-7,10-15H2,1-3H3,(H,25,26)/t16-,17-,18+,19-,20-,21+,23-,24+/m0/s1. The van der Waals surface area contributed by atoms with Crippen LogP contribution in [0.5, 0.6) is 0 Å². The predicted octanol–water partition coefficient (Wildman–Crippen LogP) is 6.31. The third-order valence-corrected chi connectivity index (χ3v) is 9.65. The van der Waals surface area contributed by atoms with Crippen LogP contribution < -0.4 is 0 Å². The molecule has 4 rings (SSSR count). The van der Waals surface area contributed by atoms with Crippen LogP contribution in [0.2, 0.25) is 0 Å². The molecular formula is C24H38O2. The van der Waals surface area contributed by atoms with Crippen molar-refractivity contribution in [1.82, 2.24) is 0 Å². The molecule has 0 aromatic heterocycles. The molecule has 0 aromatic rings. The summed E-state index contributed by atoms with van der Waals surface area (Å²) in [5.74, 6) is 3.96. The van der Waals surface area contributed by atoms with Gasteiger partial charge in [0.1, 0.15) is 0 Å². The molecule has 1 N–H and O–H groups in total. The van der Waals surface area contributed by atoms with E-state index < -0.39 is 5.97 Å². The first kappa shape index (κ1) is 18.6. The molecule has 0 heterocycles. The molecule has 2 heteroatoms. The van der Waals surface area contributed by atoms with Gasteiger partial charge >= 0.3 is 5.97 Å². The Hall–Kier alpha value is -0.790. The Bertz CT molecular complexity index is 581. The molecule has 3 fully saturated rings. The first-order valence-electron chi connectivity index (χ1n) is 11.3. The van der Waals surface area contributed by atoms with Crippen molar-refractivity contribution in [1.29, 1.82) is 0 Å². The quantitative estimate of drug-likeness (QED) is 0.598. The molecule has 3 saturated carbocycles. The lowest BCUT2D eigenvalue weighted by Crippen LogP contribution is -2.51. The van der Waals surface area contributed by atoms with Crippen molar-refractivity contribution >= 4 is 5.97 Å². The van der Waals surface area contributed by atoms with Gasteiger partial charge in [0.15, 0.2) is 0 Å². The van der Waals surface area contributed by atoms with E-state index in [0.717, 1.165) is 36.0 Å². The number of hydrogen-bond acceptors (Lipinski definition) is 1. The van der Waals surface area contributed by atoms with Gasteiger partial charge in [-0.1, -0.05) is 45.8 Å². The number of allylic oxidation sites excluding steroid dienone is 2. The Morgan fingerprint density at radius 2 is 1.81 bits per heavy atom. The van der Waals surface area contributed by atoms with Gasteiger partial charge in [0.2, 0.25) is 0 Å². The fourth-order valence-corrected chi connectivity index (χ4v) is 8.18. The largest absolute Gasteiger partial charge is 0.481 e. The molecule has 0 aliphatic heterocycles. The Morgan fingerprint density at radius 1 is 1.04 bits per heavy atom. The van der Waals surface area contributed by atoms with Crippen LogP contribution in [0.1, 0.15) is 85.0 Å². The topological polar surface area (TPSA) is 37.3 Å². The van der Waals surface area contributed by atoms with E-state index in [1.807, 2.05) is 0 Å². The minimum Gasteiger partial charge on any atom is -0.481 e. The van der Waals surface area contributed by atoms with Gasteiger partial charge < -0.3 is 5.11 Å². The Labute approximate surface area is 159 Å². The van der Waals surface area contributed by atoms with Crippen LogP contribution in [0, 0.1) is 46.3 Å². The van der Waals surface area contributed by atoms with E-state index in [1.165, 1.54) is 51.4 Å². The molecule has 0 unspecified atom stereocenters. The second kappa shape index (κ2) is 6.67. The van der Waals surface area contributed by atoms with E-state index in [-0.39, 0.29) is 0 Å². The molecule has 0 radical (unpaired) electrons. The lowest BCUT2D eigenvalue weighted by molar-refractivity contribution is -0.137. The van der Waals surface area contributed by atoms with Gasteiger partial charge in [0.05, 0.1) is 0 Å². The highest BCUT2D eigenvalue weighted by molar-refractivity contribution is 5.66. The van der Waals surface area contributed by atoms with Gasteiger partial charge in [0.25, 0.3) is 0 Å². The first-order valence-corrected chi connectivity index (χ1v) is 11.3. The molecule has 146 valence electrons. The predicted molar refractivity (Wildman–Crippen MR) is 106 cm³/mol. The van der Waals surface area contributed by atoms with Gasteiger partial charge in [-0.15, -0.1) is 0 Å². The van der Waals surface area contributed by atoms with E-state index in [2.05, 4.69) is 32.9 Å². The van der Waals surface area contributed by atoms with Gasteiger partial charge in [-0.25, -0.2) is 0 Å². The van der Waals surface area contributed by atoms with Gasteiger partial charge in [-0.3, -0.25) is 4.79 Å². The molecule has 0 saturated heterocycles. The van der Waals surface area contributed by atoms with Crippen LogP contribution in [0.4, 0.5) is 0 Å². The summed E-state index contributed by atoms with van der Waals surface area (Å²) in [6.07, 6.45) is 17.6. The lowest BCUT2D eigenvalue weighted by Gasteiger charge is -2.58. The maximum atomic E-state index is 11.0. The Balaban J connectivity index is 1.55. The van der Waals surface area contributed by atoms with Crippen molar-refractivity contribution in [2.45, 2.75) is 85.0 Å². The number of rotatable bonds is 4. The fourth-order valence-electron chi connectivity index (χ4n) is 8.18. The highest BCUT2D eigenvalue weighted by atomic mass is 16.4. The summed E-state index contributed by atoms with van der Waals surface area (Å²) < 4.78 is 0.